The number of likely N-dealkylation sites (tertiary alicyclic amines) is 1. The molecule has 2 nitrogen and oxygen atoms in total. The van der Waals surface area contributed by atoms with E-state index in [4.69, 9.17) is 11.6 Å². The van der Waals surface area contributed by atoms with Crippen molar-refractivity contribution in [1.29, 1.82) is 0 Å². The smallest absolute Gasteiger partial charge is 0.129 e. The third-order valence-corrected chi connectivity index (χ3v) is 3.59. The fourth-order valence-electron chi connectivity index (χ4n) is 2.42. The summed E-state index contributed by atoms with van der Waals surface area (Å²) in [5, 5.41) is 0.614. The van der Waals surface area contributed by atoms with Gasteiger partial charge in [-0.05, 0) is 69.4 Å². The van der Waals surface area contributed by atoms with Crippen LogP contribution in [0.2, 0.25) is 5.15 Å². The first-order valence-electron chi connectivity index (χ1n) is 6.03. The van der Waals surface area contributed by atoms with E-state index in [2.05, 4.69) is 23.0 Å². The van der Waals surface area contributed by atoms with Crippen LogP contribution in [-0.2, 0) is 6.42 Å². The second kappa shape index (κ2) is 5.65. The lowest BCUT2D eigenvalue weighted by atomic mass is 9.93. The monoisotopic (exact) mass is 238 g/mol. The van der Waals surface area contributed by atoms with E-state index in [0.717, 1.165) is 12.3 Å². The van der Waals surface area contributed by atoms with Crippen LogP contribution in [0.4, 0.5) is 0 Å². The Bertz CT molecular complexity index is 340. The Morgan fingerprint density at radius 3 is 3.12 bits per heavy atom. The first kappa shape index (κ1) is 11.9. The van der Waals surface area contributed by atoms with Crippen molar-refractivity contribution in [2.75, 3.05) is 20.1 Å². The van der Waals surface area contributed by atoms with E-state index in [-0.39, 0.29) is 0 Å². The van der Waals surface area contributed by atoms with Gasteiger partial charge in [0.1, 0.15) is 5.15 Å². The number of pyridine rings is 1. The van der Waals surface area contributed by atoms with Crippen LogP contribution < -0.4 is 0 Å². The molecule has 1 aliphatic heterocycles. The van der Waals surface area contributed by atoms with E-state index in [1.165, 1.54) is 37.9 Å². The summed E-state index contributed by atoms with van der Waals surface area (Å²) in [6, 6.07) is 4.08. The van der Waals surface area contributed by atoms with Crippen LogP contribution in [0.25, 0.3) is 0 Å². The Balaban J connectivity index is 1.93. The lowest BCUT2D eigenvalue weighted by Crippen LogP contribution is -2.19. The molecule has 1 saturated heterocycles. The van der Waals surface area contributed by atoms with Crippen LogP contribution in [0.15, 0.2) is 18.3 Å². The van der Waals surface area contributed by atoms with Crippen molar-refractivity contribution in [3.8, 4) is 0 Å². The lowest BCUT2D eigenvalue weighted by molar-refractivity contribution is 0.341. The van der Waals surface area contributed by atoms with Crippen LogP contribution in [0, 0.1) is 5.92 Å². The SMILES string of the molecule is CN1CCCC(Cc2ccnc(Cl)c2)CC1. The number of rotatable bonds is 2. The van der Waals surface area contributed by atoms with Crippen molar-refractivity contribution in [3.05, 3.63) is 29.0 Å². The molecule has 1 aromatic rings. The summed E-state index contributed by atoms with van der Waals surface area (Å²) in [6.45, 7) is 2.47. The highest BCUT2D eigenvalue weighted by Gasteiger charge is 2.15. The Morgan fingerprint density at radius 2 is 2.31 bits per heavy atom. The van der Waals surface area contributed by atoms with Gasteiger partial charge in [0.05, 0.1) is 0 Å². The first-order valence-corrected chi connectivity index (χ1v) is 6.41. The van der Waals surface area contributed by atoms with Gasteiger partial charge in [-0.1, -0.05) is 11.6 Å². The summed E-state index contributed by atoms with van der Waals surface area (Å²) in [5.74, 6) is 0.809. The summed E-state index contributed by atoms with van der Waals surface area (Å²) in [7, 11) is 2.21. The molecule has 0 bridgehead atoms. The van der Waals surface area contributed by atoms with Gasteiger partial charge >= 0.3 is 0 Å². The molecule has 2 heterocycles. The molecule has 2 rings (SSSR count). The quantitative estimate of drug-likeness (QED) is 0.737. The van der Waals surface area contributed by atoms with Crippen LogP contribution >= 0.6 is 11.6 Å². The van der Waals surface area contributed by atoms with Gasteiger partial charge in [0.2, 0.25) is 0 Å². The second-order valence-electron chi connectivity index (χ2n) is 4.79. The summed E-state index contributed by atoms with van der Waals surface area (Å²) in [6.07, 6.45) is 6.91. The molecule has 16 heavy (non-hydrogen) atoms. The van der Waals surface area contributed by atoms with Gasteiger partial charge in [0, 0.05) is 6.20 Å². The minimum absolute atomic E-state index is 0.614. The minimum atomic E-state index is 0.614. The predicted molar refractivity (Wildman–Crippen MR) is 67.8 cm³/mol. The molecule has 0 aliphatic carbocycles. The Hall–Kier alpha value is -0.600. The van der Waals surface area contributed by atoms with Crippen molar-refractivity contribution in [2.45, 2.75) is 25.7 Å². The molecular formula is C13H19ClN2. The average molecular weight is 239 g/mol. The Kier molecular flexibility index (Phi) is 4.19. The number of hydrogen-bond acceptors (Lipinski definition) is 2. The maximum absolute atomic E-state index is 5.90. The van der Waals surface area contributed by atoms with Gasteiger partial charge in [-0.2, -0.15) is 0 Å². The second-order valence-corrected chi connectivity index (χ2v) is 5.18. The molecule has 1 unspecified atom stereocenters. The number of aromatic nitrogens is 1. The van der Waals surface area contributed by atoms with Crippen LogP contribution in [0.3, 0.4) is 0 Å². The van der Waals surface area contributed by atoms with E-state index in [9.17, 15) is 0 Å². The summed E-state index contributed by atoms with van der Waals surface area (Å²) >= 11 is 5.90. The summed E-state index contributed by atoms with van der Waals surface area (Å²) in [4.78, 5) is 6.45. The topological polar surface area (TPSA) is 16.1 Å². The number of nitrogens with zero attached hydrogens (tertiary/aromatic N) is 2. The van der Waals surface area contributed by atoms with E-state index >= 15 is 0 Å². The zero-order valence-corrected chi connectivity index (χ0v) is 10.6. The average Bonchev–Trinajstić information content (AvgIpc) is 2.44. The lowest BCUT2D eigenvalue weighted by Gasteiger charge is -2.14. The fourth-order valence-corrected chi connectivity index (χ4v) is 2.61. The molecule has 0 amide bonds. The summed E-state index contributed by atoms with van der Waals surface area (Å²) < 4.78 is 0. The molecule has 1 aliphatic rings. The third-order valence-electron chi connectivity index (χ3n) is 3.39. The molecular weight excluding hydrogens is 220 g/mol. The Labute approximate surface area is 103 Å². The zero-order chi connectivity index (χ0) is 11.4. The van der Waals surface area contributed by atoms with Crippen LogP contribution in [0.1, 0.15) is 24.8 Å². The van der Waals surface area contributed by atoms with E-state index in [0.29, 0.717) is 5.15 Å². The fraction of sp³-hybridized carbons (Fsp3) is 0.615. The molecule has 3 heteroatoms. The molecule has 0 saturated carbocycles. The van der Waals surface area contributed by atoms with Gasteiger partial charge in [-0.3, -0.25) is 0 Å². The van der Waals surface area contributed by atoms with Crippen molar-refractivity contribution in [2.24, 2.45) is 5.92 Å². The predicted octanol–water partition coefficient (Wildman–Crippen LogP) is 3.01. The molecule has 0 N–H and O–H groups in total. The normalized spacial score (nSPS) is 23.0. The van der Waals surface area contributed by atoms with Gasteiger partial charge in [0.25, 0.3) is 0 Å². The largest absolute Gasteiger partial charge is 0.306 e. The van der Waals surface area contributed by atoms with Crippen molar-refractivity contribution in [3.63, 3.8) is 0 Å². The molecule has 1 fully saturated rings. The van der Waals surface area contributed by atoms with Crippen molar-refractivity contribution >= 4 is 11.6 Å². The van der Waals surface area contributed by atoms with E-state index in [1.54, 1.807) is 6.20 Å². The number of halogens is 1. The summed E-state index contributed by atoms with van der Waals surface area (Å²) in [5.41, 5.74) is 1.33. The van der Waals surface area contributed by atoms with E-state index < -0.39 is 0 Å². The number of hydrogen-bond donors (Lipinski definition) is 0. The third kappa shape index (κ3) is 3.46. The van der Waals surface area contributed by atoms with Crippen molar-refractivity contribution in [1.82, 2.24) is 9.88 Å². The standard InChI is InChI=1S/C13H19ClN2/c1-16-7-2-3-11(5-8-16)9-12-4-6-15-13(14)10-12/h4,6,10-11H,2-3,5,7-9H2,1H3. The highest BCUT2D eigenvalue weighted by Crippen LogP contribution is 2.21. The molecule has 0 spiro atoms. The Morgan fingerprint density at radius 1 is 1.44 bits per heavy atom. The molecule has 1 atom stereocenters. The van der Waals surface area contributed by atoms with E-state index in [1.807, 2.05) is 6.07 Å². The van der Waals surface area contributed by atoms with Gasteiger partial charge in [-0.25, -0.2) is 4.98 Å². The first-order chi connectivity index (χ1) is 7.74. The zero-order valence-electron chi connectivity index (χ0n) is 9.82. The van der Waals surface area contributed by atoms with Crippen LogP contribution in [-0.4, -0.2) is 30.0 Å². The minimum Gasteiger partial charge on any atom is -0.306 e. The molecule has 1 aromatic heterocycles. The van der Waals surface area contributed by atoms with Crippen molar-refractivity contribution < 1.29 is 0 Å². The maximum Gasteiger partial charge on any atom is 0.129 e. The molecule has 0 radical (unpaired) electrons. The maximum atomic E-state index is 5.90. The highest BCUT2D eigenvalue weighted by atomic mass is 35.5. The van der Waals surface area contributed by atoms with Gasteiger partial charge < -0.3 is 4.90 Å². The molecule has 0 aromatic carbocycles. The van der Waals surface area contributed by atoms with Crippen LogP contribution in [0.5, 0.6) is 0 Å². The van der Waals surface area contributed by atoms with Gasteiger partial charge in [-0.15, -0.1) is 0 Å². The molecule has 88 valence electrons. The van der Waals surface area contributed by atoms with Gasteiger partial charge in [0.15, 0.2) is 0 Å². The highest BCUT2D eigenvalue weighted by molar-refractivity contribution is 6.29.